The number of hydrogen-bond donors (Lipinski definition) is 1. The SMILES string of the molecule is Cc1nc(Br)cc(NC(C)CCN(C)C)n1. The van der Waals surface area contributed by atoms with Crippen molar-refractivity contribution in [1.29, 1.82) is 0 Å². The number of rotatable bonds is 5. The molecule has 0 spiro atoms. The molecule has 0 amide bonds. The van der Waals surface area contributed by atoms with E-state index in [-0.39, 0.29) is 0 Å². The van der Waals surface area contributed by atoms with Gasteiger partial charge < -0.3 is 10.2 Å². The van der Waals surface area contributed by atoms with Gasteiger partial charge in [-0.2, -0.15) is 0 Å². The fourth-order valence-electron chi connectivity index (χ4n) is 1.38. The second kappa shape index (κ2) is 6.15. The van der Waals surface area contributed by atoms with Crippen molar-refractivity contribution in [2.24, 2.45) is 0 Å². The highest BCUT2D eigenvalue weighted by Gasteiger charge is 2.05. The second-order valence-corrected chi connectivity index (χ2v) is 5.07. The van der Waals surface area contributed by atoms with Gasteiger partial charge in [0, 0.05) is 12.1 Å². The predicted molar refractivity (Wildman–Crippen MR) is 70.7 cm³/mol. The van der Waals surface area contributed by atoms with Gasteiger partial charge in [0.15, 0.2) is 0 Å². The van der Waals surface area contributed by atoms with Crippen molar-refractivity contribution in [1.82, 2.24) is 14.9 Å². The summed E-state index contributed by atoms with van der Waals surface area (Å²) in [6.45, 7) is 5.12. The fourth-order valence-corrected chi connectivity index (χ4v) is 1.86. The van der Waals surface area contributed by atoms with Crippen LogP contribution in [0.25, 0.3) is 0 Å². The summed E-state index contributed by atoms with van der Waals surface area (Å²) in [7, 11) is 4.16. The van der Waals surface area contributed by atoms with Gasteiger partial charge in [0.05, 0.1) is 0 Å². The van der Waals surface area contributed by atoms with E-state index in [0.717, 1.165) is 29.2 Å². The molecule has 1 aromatic heterocycles. The molecule has 0 saturated carbocycles. The van der Waals surface area contributed by atoms with Crippen LogP contribution >= 0.6 is 15.9 Å². The lowest BCUT2D eigenvalue weighted by molar-refractivity contribution is 0.390. The molecular formula is C11H19BrN4. The summed E-state index contributed by atoms with van der Waals surface area (Å²) < 4.78 is 0.822. The Balaban J connectivity index is 2.52. The molecule has 16 heavy (non-hydrogen) atoms. The Morgan fingerprint density at radius 3 is 2.69 bits per heavy atom. The smallest absolute Gasteiger partial charge is 0.131 e. The van der Waals surface area contributed by atoms with E-state index in [1.54, 1.807) is 0 Å². The van der Waals surface area contributed by atoms with E-state index in [0.29, 0.717) is 6.04 Å². The maximum absolute atomic E-state index is 4.34. The molecule has 4 nitrogen and oxygen atoms in total. The summed E-state index contributed by atoms with van der Waals surface area (Å²) in [5, 5.41) is 3.37. The fraction of sp³-hybridized carbons (Fsp3) is 0.636. The summed E-state index contributed by atoms with van der Waals surface area (Å²) in [6, 6.07) is 2.31. The lowest BCUT2D eigenvalue weighted by Gasteiger charge is -2.17. The lowest BCUT2D eigenvalue weighted by atomic mass is 10.2. The highest BCUT2D eigenvalue weighted by Crippen LogP contribution is 2.13. The van der Waals surface area contributed by atoms with Crippen molar-refractivity contribution in [3.8, 4) is 0 Å². The lowest BCUT2D eigenvalue weighted by Crippen LogP contribution is -2.23. The van der Waals surface area contributed by atoms with E-state index in [1.165, 1.54) is 0 Å². The molecule has 0 saturated heterocycles. The Morgan fingerprint density at radius 1 is 1.44 bits per heavy atom. The van der Waals surface area contributed by atoms with Crippen LogP contribution in [0.5, 0.6) is 0 Å². The van der Waals surface area contributed by atoms with Gasteiger partial charge in [-0.05, 0) is 56.8 Å². The first kappa shape index (κ1) is 13.4. The Kier molecular flexibility index (Phi) is 5.15. The average Bonchev–Trinajstić information content (AvgIpc) is 2.12. The van der Waals surface area contributed by atoms with Gasteiger partial charge in [-0.25, -0.2) is 9.97 Å². The average molecular weight is 287 g/mol. The molecule has 0 aliphatic carbocycles. The van der Waals surface area contributed by atoms with E-state index in [1.807, 2.05) is 13.0 Å². The summed E-state index contributed by atoms with van der Waals surface area (Å²) in [6.07, 6.45) is 1.09. The molecule has 0 bridgehead atoms. The monoisotopic (exact) mass is 286 g/mol. The van der Waals surface area contributed by atoms with Gasteiger partial charge >= 0.3 is 0 Å². The number of anilines is 1. The Bertz CT molecular complexity index is 321. The highest BCUT2D eigenvalue weighted by molar-refractivity contribution is 9.10. The quantitative estimate of drug-likeness (QED) is 0.844. The highest BCUT2D eigenvalue weighted by atomic mass is 79.9. The summed E-state index contributed by atoms with van der Waals surface area (Å²) in [5.74, 6) is 1.65. The van der Waals surface area contributed by atoms with E-state index in [9.17, 15) is 0 Å². The van der Waals surface area contributed by atoms with Gasteiger partial charge in [-0.3, -0.25) is 0 Å². The van der Waals surface area contributed by atoms with Crippen molar-refractivity contribution in [3.05, 3.63) is 16.5 Å². The molecule has 1 N–H and O–H groups in total. The minimum atomic E-state index is 0.406. The van der Waals surface area contributed by atoms with E-state index < -0.39 is 0 Å². The number of aryl methyl sites for hydroxylation is 1. The third-order valence-electron chi connectivity index (χ3n) is 2.21. The summed E-state index contributed by atoms with van der Waals surface area (Å²) >= 11 is 3.37. The van der Waals surface area contributed by atoms with Gasteiger partial charge in [0.2, 0.25) is 0 Å². The first-order chi connectivity index (χ1) is 7.47. The standard InChI is InChI=1S/C11H19BrN4/c1-8(5-6-16(3)4)13-11-7-10(12)14-9(2)15-11/h7-8H,5-6H2,1-4H3,(H,13,14,15). The number of nitrogens with zero attached hydrogens (tertiary/aromatic N) is 3. The molecule has 0 fully saturated rings. The van der Waals surface area contributed by atoms with Crippen LogP contribution in [-0.2, 0) is 0 Å². The number of aromatic nitrogens is 2. The zero-order valence-corrected chi connectivity index (χ0v) is 11.9. The first-order valence-corrected chi connectivity index (χ1v) is 6.19. The topological polar surface area (TPSA) is 41.1 Å². The predicted octanol–water partition coefficient (Wildman–Crippen LogP) is 2.30. The van der Waals surface area contributed by atoms with Crippen LogP contribution in [0.3, 0.4) is 0 Å². The van der Waals surface area contributed by atoms with E-state index >= 15 is 0 Å². The molecule has 90 valence electrons. The maximum atomic E-state index is 4.34. The molecule has 0 radical (unpaired) electrons. The third kappa shape index (κ3) is 4.90. The molecule has 1 atom stereocenters. The molecule has 0 aliphatic heterocycles. The Morgan fingerprint density at radius 2 is 2.12 bits per heavy atom. The van der Waals surface area contributed by atoms with Crippen molar-refractivity contribution in [2.75, 3.05) is 26.0 Å². The van der Waals surface area contributed by atoms with Crippen LogP contribution in [0.1, 0.15) is 19.2 Å². The third-order valence-corrected chi connectivity index (χ3v) is 2.62. The molecule has 1 unspecified atom stereocenters. The second-order valence-electron chi connectivity index (χ2n) is 4.26. The normalized spacial score (nSPS) is 12.9. The number of halogens is 1. The molecular weight excluding hydrogens is 268 g/mol. The largest absolute Gasteiger partial charge is 0.367 e. The van der Waals surface area contributed by atoms with Crippen LogP contribution in [0, 0.1) is 6.92 Å². The van der Waals surface area contributed by atoms with Crippen molar-refractivity contribution < 1.29 is 0 Å². The van der Waals surface area contributed by atoms with Crippen LogP contribution in [0.2, 0.25) is 0 Å². The van der Waals surface area contributed by atoms with Crippen LogP contribution in [-0.4, -0.2) is 41.5 Å². The van der Waals surface area contributed by atoms with Crippen molar-refractivity contribution >= 4 is 21.7 Å². The zero-order valence-electron chi connectivity index (χ0n) is 10.3. The van der Waals surface area contributed by atoms with Crippen molar-refractivity contribution in [3.63, 3.8) is 0 Å². The molecule has 1 rings (SSSR count). The van der Waals surface area contributed by atoms with Gasteiger partial charge in [-0.15, -0.1) is 0 Å². The summed E-state index contributed by atoms with van der Waals surface area (Å²) in [4.78, 5) is 10.7. The maximum Gasteiger partial charge on any atom is 0.131 e. The molecule has 0 aliphatic rings. The molecule has 1 aromatic rings. The van der Waals surface area contributed by atoms with Gasteiger partial charge in [-0.1, -0.05) is 0 Å². The zero-order chi connectivity index (χ0) is 12.1. The van der Waals surface area contributed by atoms with Crippen LogP contribution in [0.15, 0.2) is 10.7 Å². The van der Waals surface area contributed by atoms with Gasteiger partial charge in [0.25, 0.3) is 0 Å². The van der Waals surface area contributed by atoms with Crippen molar-refractivity contribution in [2.45, 2.75) is 26.3 Å². The van der Waals surface area contributed by atoms with Crippen LogP contribution in [0.4, 0.5) is 5.82 Å². The Labute approximate surface area is 106 Å². The minimum absolute atomic E-state index is 0.406. The van der Waals surface area contributed by atoms with E-state index in [2.05, 4.69) is 57.1 Å². The van der Waals surface area contributed by atoms with Crippen LogP contribution < -0.4 is 5.32 Å². The molecule has 0 aromatic carbocycles. The minimum Gasteiger partial charge on any atom is -0.367 e. The van der Waals surface area contributed by atoms with E-state index in [4.69, 9.17) is 0 Å². The number of nitrogens with one attached hydrogen (secondary N) is 1. The molecule has 5 heteroatoms. The first-order valence-electron chi connectivity index (χ1n) is 5.40. The Hall–Kier alpha value is -0.680. The van der Waals surface area contributed by atoms with Gasteiger partial charge in [0.1, 0.15) is 16.2 Å². The molecule has 1 heterocycles. The number of hydrogen-bond acceptors (Lipinski definition) is 4. The summed E-state index contributed by atoms with van der Waals surface area (Å²) in [5.41, 5.74) is 0.